The molecule has 4 nitrogen and oxygen atoms in total. The lowest BCUT2D eigenvalue weighted by Gasteiger charge is -2.33. The lowest BCUT2D eigenvalue weighted by atomic mass is 10.3. The summed E-state index contributed by atoms with van der Waals surface area (Å²) in [5.41, 5.74) is 1.30. The average molecular weight is 407 g/mol. The van der Waals surface area contributed by atoms with Crippen molar-refractivity contribution in [1.29, 1.82) is 0 Å². The fourth-order valence-corrected chi connectivity index (χ4v) is 6.88. The van der Waals surface area contributed by atoms with Gasteiger partial charge in [0.1, 0.15) is 4.21 Å². The van der Waals surface area contributed by atoms with Gasteiger partial charge >= 0.3 is 0 Å². The van der Waals surface area contributed by atoms with Crippen LogP contribution in [0.5, 0.6) is 0 Å². The fraction of sp³-hybridized carbons (Fsp3) is 0.385. The van der Waals surface area contributed by atoms with E-state index in [2.05, 4.69) is 37.7 Å². The summed E-state index contributed by atoms with van der Waals surface area (Å²) in [6.07, 6.45) is 0. The molecule has 0 amide bonds. The largest absolute Gasteiger partial charge is 0.296 e. The Morgan fingerprint density at radius 3 is 2.48 bits per heavy atom. The van der Waals surface area contributed by atoms with Crippen molar-refractivity contribution in [2.24, 2.45) is 0 Å². The van der Waals surface area contributed by atoms with Crippen molar-refractivity contribution in [3.8, 4) is 0 Å². The van der Waals surface area contributed by atoms with Gasteiger partial charge in [-0.05, 0) is 49.8 Å². The highest BCUT2D eigenvalue weighted by molar-refractivity contribution is 9.10. The highest BCUT2D eigenvalue weighted by atomic mass is 79.9. The number of hydrogen-bond acceptors (Lipinski definition) is 5. The van der Waals surface area contributed by atoms with Gasteiger partial charge in [-0.3, -0.25) is 4.90 Å². The summed E-state index contributed by atoms with van der Waals surface area (Å²) >= 11 is 6.28. The van der Waals surface area contributed by atoms with Gasteiger partial charge in [0, 0.05) is 37.2 Å². The van der Waals surface area contributed by atoms with Gasteiger partial charge in [0.05, 0.1) is 0 Å². The summed E-state index contributed by atoms with van der Waals surface area (Å²) in [7, 11) is -3.35. The molecule has 114 valence electrons. The summed E-state index contributed by atoms with van der Waals surface area (Å²) in [5.74, 6) is 0. The molecular formula is C13H15BrN2O2S3. The van der Waals surface area contributed by atoms with E-state index in [0.717, 1.165) is 19.6 Å². The number of nitrogens with zero attached hydrogens (tertiary/aromatic N) is 2. The maximum atomic E-state index is 12.6. The minimum atomic E-state index is -3.35. The molecule has 2 aromatic heterocycles. The number of thiophene rings is 2. The summed E-state index contributed by atoms with van der Waals surface area (Å²) < 4.78 is 27.8. The van der Waals surface area contributed by atoms with Crippen LogP contribution >= 0.6 is 38.6 Å². The normalized spacial score (nSPS) is 18.1. The van der Waals surface area contributed by atoms with Gasteiger partial charge in [0.15, 0.2) is 0 Å². The Bertz CT molecular complexity index is 689. The van der Waals surface area contributed by atoms with Crippen molar-refractivity contribution < 1.29 is 8.42 Å². The lowest BCUT2D eigenvalue weighted by molar-refractivity contribution is 0.182. The third-order valence-corrected chi connectivity index (χ3v) is 8.75. The van der Waals surface area contributed by atoms with Crippen LogP contribution in [0, 0.1) is 0 Å². The molecule has 0 unspecified atom stereocenters. The molecule has 0 saturated carbocycles. The fourth-order valence-electron chi connectivity index (χ4n) is 2.35. The molecule has 0 aliphatic carbocycles. The smallest absolute Gasteiger partial charge is 0.253 e. The number of halogens is 1. The minimum absolute atomic E-state index is 0.411. The van der Waals surface area contributed by atoms with Gasteiger partial charge < -0.3 is 0 Å². The van der Waals surface area contributed by atoms with Crippen LogP contribution in [0.3, 0.4) is 0 Å². The molecular weight excluding hydrogens is 392 g/mol. The summed E-state index contributed by atoms with van der Waals surface area (Å²) in [6, 6.07) is 3.90. The summed E-state index contributed by atoms with van der Waals surface area (Å²) in [5, 5.41) is 6.01. The van der Waals surface area contributed by atoms with Crippen LogP contribution in [-0.4, -0.2) is 43.8 Å². The van der Waals surface area contributed by atoms with E-state index in [1.165, 1.54) is 16.9 Å². The van der Waals surface area contributed by atoms with Crippen LogP contribution in [0.25, 0.3) is 0 Å². The van der Waals surface area contributed by atoms with Crippen LogP contribution in [0.15, 0.2) is 37.0 Å². The zero-order chi connectivity index (χ0) is 14.9. The van der Waals surface area contributed by atoms with E-state index < -0.39 is 10.0 Å². The van der Waals surface area contributed by atoms with E-state index in [1.807, 2.05) is 0 Å². The molecule has 3 rings (SSSR count). The van der Waals surface area contributed by atoms with E-state index in [9.17, 15) is 8.42 Å². The Labute approximate surface area is 141 Å². The van der Waals surface area contributed by atoms with E-state index >= 15 is 0 Å². The number of hydrogen-bond donors (Lipinski definition) is 0. The van der Waals surface area contributed by atoms with Crippen molar-refractivity contribution in [3.63, 3.8) is 0 Å². The quantitative estimate of drug-likeness (QED) is 0.782. The molecule has 1 aliphatic rings. The first kappa shape index (κ1) is 15.6. The van der Waals surface area contributed by atoms with Crippen molar-refractivity contribution in [2.45, 2.75) is 10.8 Å². The SMILES string of the molecule is O=S(=O)(c1sccc1Br)N1CCN(Cc2ccsc2)CC1. The van der Waals surface area contributed by atoms with Gasteiger partial charge in [-0.15, -0.1) is 11.3 Å². The molecule has 8 heteroatoms. The zero-order valence-corrected chi connectivity index (χ0v) is 15.3. The van der Waals surface area contributed by atoms with E-state index in [0.29, 0.717) is 21.8 Å². The predicted molar refractivity (Wildman–Crippen MR) is 90.4 cm³/mol. The Hall–Kier alpha value is -0.250. The van der Waals surface area contributed by atoms with Crippen molar-refractivity contribution >= 4 is 48.6 Å². The Morgan fingerprint density at radius 2 is 1.90 bits per heavy atom. The Kier molecular flexibility index (Phi) is 4.82. The Balaban J connectivity index is 1.64. The standard InChI is InChI=1S/C13H15BrN2O2S3/c14-12-2-8-20-13(12)21(17,18)16-5-3-15(4-6-16)9-11-1-7-19-10-11/h1-2,7-8,10H,3-6,9H2. The maximum Gasteiger partial charge on any atom is 0.253 e. The van der Waals surface area contributed by atoms with Crippen molar-refractivity contribution in [2.75, 3.05) is 26.2 Å². The molecule has 1 aliphatic heterocycles. The van der Waals surface area contributed by atoms with Crippen LogP contribution in [0.1, 0.15) is 5.56 Å². The second kappa shape index (κ2) is 6.47. The summed E-state index contributed by atoms with van der Waals surface area (Å²) in [4.78, 5) is 2.30. The molecule has 0 atom stereocenters. The van der Waals surface area contributed by atoms with Gasteiger partial charge in [-0.1, -0.05) is 0 Å². The first-order valence-electron chi connectivity index (χ1n) is 6.54. The molecule has 1 saturated heterocycles. The Morgan fingerprint density at radius 1 is 1.14 bits per heavy atom. The lowest BCUT2D eigenvalue weighted by Crippen LogP contribution is -2.48. The molecule has 0 bridgehead atoms. The van der Waals surface area contributed by atoms with Gasteiger partial charge in [0.2, 0.25) is 0 Å². The van der Waals surface area contributed by atoms with Crippen LogP contribution < -0.4 is 0 Å². The van der Waals surface area contributed by atoms with Crippen molar-refractivity contribution in [1.82, 2.24) is 9.21 Å². The monoisotopic (exact) mass is 406 g/mol. The topological polar surface area (TPSA) is 40.6 Å². The second-order valence-corrected chi connectivity index (χ2v) is 9.55. The molecule has 0 N–H and O–H groups in total. The molecule has 2 aromatic rings. The van der Waals surface area contributed by atoms with Crippen LogP contribution in [0.4, 0.5) is 0 Å². The number of piperazine rings is 1. The molecule has 21 heavy (non-hydrogen) atoms. The van der Waals surface area contributed by atoms with Crippen LogP contribution in [-0.2, 0) is 16.6 Å². The average Bonchev–Trinajstić information content (AvgIpc) is 3.11. The van der Waals surface area contributed by atoms with Gasteiger partial charge in [-0.25, -0.2) is 8.42 Å². The first-order chi connectivity index (χ1) is 10.1. The maximum absolute atomic E-state index is 12.6. The zero-order valence-electron chi connectivity index (χ0n) is 11.2. The molecule has 1 fully saturated rings. The second-order valence-electron chi connectivity index (χ2n) is 4.87. The predicted octanol–water partition coefficient (Wildman–Crippen LogP) is 3.08. The highest BCUT2D eigenvalue weighted by Gasteiger charge is 2.30. The summed E-state index contributed by atoms with van der Waals surface area (Å²) in [6.45, 7) is 3.56. The molecule has 0 spiro atoms. The van der Waals surface area contributed by atoms with Crippen molar-refractivity contribution in [3.05, 3.63) is 38.3 Å². The number of sulfonamides is 1. The highest BCUT2D eigenvalue weighted by Crippen LogP contribution is 2.30. The minimum Gasteiger partial charge on any atom is -0.296 e. The van der Waals surface area contributed by atoms with E-state index in [-0.39, 0.29) is 0 Å². The van der Waals surface area contributed by atoms with E-state index in [1.54, 1.807) is 27.1 Å². The van der Waals surface area contributed by atoms with E-state index in [4.69, 9.17) is 0 Å². The third-order valence-electron chi connectivity index (χ3n) is 3.48. The molecule has 3 heterocycles. The molecule has 0 aromatic carbocycles. The number of rotatable bonds is 4. The van der Waals surface area contributed by atoms with Gasteiger partial charge in [-0.2, -0.15) is 15.6 Å². The first-order valence-corrected chi connectivity index (χ1v) is 10.6. The van der Waals surface area contributed by atoms with Crippen LogP contribution in [0.2, 0.25) is 0 Å². The van der Waals surface area contributed by atoms with Gasteiger partial charge in [0.25, 0.3) is 10.0 Å². The molecule has 0 radical (unpaired) electrons. The third kappa shape index (κ3) is 3.40.